The van der Waals surface area contributed by atoms with Crippen LogP contribution in [0.15, 0.2) is 41.1 Å². The predicted molar refractivity (Wildman–Crippen MR) is 84.4 cm³/mol. The van der Waals surface area contributed by atoms with E-state index in [4.69, 9.17) is 4.84 Å². The molecule has 0 aliphatic carbocycles. The van der Waals surface area contributed by atoms with Gasteiger partial charge in [-0.3, -0.25) is 0 Å². The third-order valence-electron chi connectivity index (χ3n) is 3.08. The Labute approximate surface area is 119 Å². The van der Waals surface area contributed by atoms with E-state index in [2.05, 4.69) is 63.2 Å². The Balaban J connectivity index is 2.03. The second-order valence-electron chi connectivity index (χ2n) is 5.65. The molecule has 102 valence electrons. The van der Waals surface area contributed by atoms with Gasteiger partial charge in [0.05, 0.1) is 0 Å². The first-order valence-corrected chi connectivity index (χ1v) is 7.56. The minimum absolute atomic E-state index is 0.139. The first kappa shape index (κ1) is 14.2. The fourth-order valence-corrected chi connectivity index (χ4v) is 3.30. The topological polar surface area (TPSA) is 21.6 Å². The third-order valence-corrected chi connectivity index (χ3v) is 4.07. The monoisotopic (exact) mass is 275 g/mol. The summed E-state index contributed by atoms with van der Waals surface area (Å²) in [6, 6.07) is 10.6. The van der Waals surface area contributed by atoms with E-state index in [9.17, 15) is 0 Å². The van der Waals surface area contributed by atoms with Crippen molar-refractivity contribution in [3.05, 3.63) is 41.5 Å². The summed E-state index contributed by atoms with van der Waals surface area (Å²) in [6.45, 7) is 8.48. The van der Waals surface area contributed by atoms with Crippen molar-refractivity contribution in [2.75, 3.05) is 5.75 Å². The molecule has 0 N–H and O–H groups in total. The van der Waals surface area contributed by atoms with Gasteiger partial charge in [-0.1, -0.05) is 41.1 Å². The molecular weight excluding hydrogens is 254 g/mol. The van der Waals surface area contributed by atoms with Crippen molar-refractivity contribution in [3.8, 4) is 0 Å². The molecule has 0 unspecified atom stereocenters. The van der Waals surface area contributed by atoms with Gasteiger partial charge in [0.2, 0.25) is 0 Å². The van der Waals surface area contributed by atoms with Crippen molar-refractivity contribution in [1.82, 2.24) is 0 Å². The summed E-state index contributed by atoms with van der Waals surface area (Å²) in [5.41, 5.74) is 3.91. The van der Waals surface area contributed by atoms with Crippen molar-refractivity contribution in [1.29, 1.82) is 0 Å². The van der Waals surface area contributed by atoms with E-state index < -0.39 is 0 Å². The summed E-state index contributed by atoms with van der Waals surface area (Å²) in [5, 5.41) is 5.27. The quantitative estimate of drug-likeness (QED) is 0.795. The lowest BCUT2D eigenvalue weighted by molar-refractivity contribution is 0.0123. The zero-order valence-electron chi connectivity index (χ0n) is 12.1. The average Bonchev–Trinajstić information content (AvgIpc) is 2.70. The Hall–Kier alpha value is -1.22. The van der Waals surface area contributed by atoms with Crippen LogP contribution < -0.4 is 0 Å². The highest BCUT2D eigenvalue weighted by molar-refractivity contribution is 8.14. The molecule has 0 radical (unpaired) electrons. The van der Waals surface area contributed by atoms with Gasteiger partial charge >= 0.3 is 0 Å². The summed E-state index contributed by atoms with van der Waals surface area (Å²) in [5.74, 6) is 0.949. The van der Waals surface area contributed by atoms with Gasteiger partial charge in [0.15, 0.2) is 0 Å². The maximum absolute atomic E-state index is 5.40. The van der Waals surface area contributed by atoms with Crippen molar-refractivity contribution in [2.24, 2.45) is 5.16 Å². The highest BCUT2D eigenvalue weighted by Gasteiger charge is 2.29. The second kappa shape index (κ2) is 5.83. The fourth-order valence-electron chi connectivity index (χ4n) is 1.99. The molecule has 1 aliphatic heterocycles. The number of nitrogens with zero attached hydrogens (tertiary/aromatic N) is 1. The van der Waals surface area contributed by atoms with Crippen LogP contribution in [0, 0.1) is 0 Å². The molecule has 0 atom stereocenters. The molecule has 19 heavy (non-hydrogen) atoms. The SMILES string of the molecule is CC(C)=C(CSC1=NOC(C)(C)C1)c1ccccc1. The number of hydrogen-bond acceptors (Lipinski definition) is 3. The summed E-state index contributed by atoms with van der Waals surface area (Å²) in [6.07, 6.45) is 0.905. The number of thioether (sulfide) groups is 1. The molecule has 0 fully saturated rings. The smallest absolute Gasteiger partial charge is 0.138 e. The number of hydrogen-bond donors (Lipinski definition) is 0. The number of allylic oxidation sites excluding steroid dienone is 1. The maximum Gasteiger partial charge on any atom is 0.138 e. The van der Waals surface area contributed by atoms with Gasteiger partial charge in [0.25, 0.3) is 0 Å². The van der Waals surface area contributed by atoms with Crippen LogP contribution in [0.25, 0.3) is 5.57 Å². The van der Waals surface area contributed by atoms with E-state index in [1.165, 1.54) is 16.7 Å². The van der Waals surface area contributed by atoms with Gasteiger partial charge in [-0.15, -0.1) is 11.8 Å². The van der Waals surface area contributed by atoms with Crippen LogP contribution in [-0.4, -0.2) is 16.4 Å². The molecule has 0 saturated carbocycles. The minimum Gasteiger partial charge on any atom is -0.389 e. The van der Waals surface area contributed by atoms with Gasteiger partial charge in [-0.05, 0) is 38.8 Å². The van der Waals surface area contributed by atoms with Crippen LogP contribution >= 0.6 is 11.8 Å². The van der Waals surface area contributed by atoms with Gasteiger partial charge in [-0.2, -0.15) is 0 Å². The first-order chi connectivity index (χ1) is 8.98. The molecule has 2 rings (SSSR count). The van der Waals surface area contributed by atoms with Crippen molar-refractivity contribution < 1.29 is 4.84 Å². The Kier molecular flexibility index (Phi) is 4.35. The normalized spacial score (nSPS) is 16.7. The lowest BCUT2D eigenvalue weighted by Crippen LogP contribution is -2.18. The lowest BCUT2D eigenvalue weighted by Gasteiger charge is -2.13. The van der Waals surface area contributed by atoms with Crippen LogP contribution in [0.1, 0.15) is 39.7 Å². The van der Waals surface area contributed by atoms with Crippen LogP contribution in [0.2, 0.25) is 0 Å². The van der Waals surface area contributed by atoms with Gasteiger partial charge in [0, 0.05) is 12.2 Å². The maximum atomic E-state index is 5.40. The Morgan fingerprint density at radius 2 is 1.95 bits per heavy atom. The Morgan fingerprint density at radius 3 is 2.47 bits per heavy atom. The van der Waals surface area contributed by atoms with Crippen LogP contribution in [0.3, 0.4) is 0 Å². The first-order valence-electron chi connectivity index (χ1n) is 6.57. The molecule has 2 nitrogen and oxygen atoms in total. The van der Waals surface area contributed by atoms with E-state index in [-0.39, 0.29) is 5.60 Å². The predicted octanol–water partition coefficient (Wildman–Crippen LogP) is 4.73. The van der Waals surface area contributed by atoms with Crippen LogP contribution in [-0.2, 0) is 4.84 Å². The lowest BCUT2D eigenvalue weighted by atomic mass is 10.0. The van der Waals surface area contributed by atoms with Gasteiger partial charge in [0.1, 0.15) is 10.6 Å². The van der Waals surface area contributed by atoms with Crippen molar-refractivity contribution >= 4 is 22.4 Å². The number of oxime groups is 1. The van der Waals surface area contributed by atoms with E-state index in [0.29, 0.717) is 0 Å². The van der Waals surface area contributed by atoms with E-state index >= 15 is 0 Å². The molecule has 1 aromatic rings. The van der Waals surface area contributed by atoms with E-state index in [1.54, 1.807) is 11.8 Å². The molecule has 0 aromatic heterocycles. The highest BCUT2D eigenvalue weighted by Crippen LogP contribution is 2.31. The fraction of sp³-hybridized carbons (Fsp3) is 0.438. The average molecular weight is 275 g/mol. The van der Waals surface area contributed by atoms with Gasteiger partial charge < -0.3 is 4.84 Å². The summed E-state index contributed by atoms with van der Waals surface area (Å²) in [7, 11) is 0. The minimum atomic E-state index is -0.139. The van der Waals surface area contributed by atoms with Gasteiger partial charge in [-0.25, -0.2) is 0 Å². The number of rotatable bonds is 3. The van der Waals surface area contributed by atoms with E-state index in [0.717, 1.165) is 17.2 Å². The molecule has 1 heterocycles. The van der Waals surface area contributed by atoms with Crippen molar-refractivity contribution in [2.45, 2.75) is 39.7 Å². The molecule has 0 bridgehead atoms. The zero-order valence-corrected chi connectivity index (χ0v) is 12.9. The molecule has 1 aliphatic rings. The largest absolute Gasteiger partial charge is 0.389 e. The molecule has 0 saturated heterocycles. The molecule has 3 heteroatoms. The van der Waals surface area contributed by atoms with Crippen LogP contribution in [0.4, 0.5) is 0 Å². The zero-order chi connectivity index (χ0) is 13.9. The second-order valence-corrected chi connectivity index (χ2v) is 6.69. The molecule has 0 spiro atoms. The molecular formula is C16H21NOS. The number of benzene rings is 1. The summed E-state index contributed by atoms with van der Waals surface area (Å²) < 4.78 is 0. The van der Waals surface area contributed by atoms with E-state index in [1.807, 2.05) is 0 Å². The molecule has 0 amide bonds. The summed E-state index contributed by atoms with van der Waals surface area (Å²) in [4.78, 5) is 5.40. The summed E-state index contributed by atoms with van der Waals surface area (Å²) >= 11 is 1.78. The molecule has 1 aromatic carbocycles. The van der Waals surface area contributed by atoms with Crippen LogP contribution in [0.5, 0.6) is 0 Å². The van der Waals surface area contributed by atoms with Crippen molar-refractivity contribution in [3.63, 3.8) is 0 Å². The Morgan fingerprint density at radius 1 is 1.26 bits per heavy atom. The Bertz CT molecular complexity index is 499. The highest BCUT2D eigenvalue weighted by atomic mass is 32.2. The third kappa shape index (κ3) is 3.87. The standard InChI is InChI=1S/C16H21NOS/c1-12(2)14(13-8-6-5-7-9-13)11-19-15-10-16(3,4)18-17-15/h5-9H,10-11H2,1-4H3.